The molecule has 4 aliphatic carbocycles. The van der Waals surface area contributed by atoms with E-state index in [1.165, 1.54) is 31.0 Å². The van der Waals surface area contributed by atoms with Crippen LogP contribution >= 0.6 is 11.8 Å². The molecule has 4 bridgehead atoms. The first-order valence-corrected chi connectivity index (χ1v) is 10.6. The molecule has 0 unspecified atom stereocenters. The summed E-state index contributed by atoms with van der Waals surface area (Å²) < 4.78 is 5.53. The van der Waals surface area contributed by atoms with Crippen LogP contribution in [-0.4, -0.2) is 46.3 Å². The number of rotatable bonds is 4. The SMILES string of the molecule is O=C1CC[C@]2(C(=O)OCC(=O)C34CC5CC(CC(C5)C3)C4)SCCN12. The summed E-state index contributed by atoms with van der Waals surface area (Å²) in [6, 6.07) is 0. The maximum absolute atomic E-state index is 13.0. The van der Waals surface area contributed by atoms with Crippen molar-refractivity contribution in [2.24, 2.45) is 23.2 Å². The zero-order chi connectivity index (χ0) is 17.2. The molecule has 25 heavy (non-hydrogen) atoms. The molecule has 2 heterocycles. The number of ether oxygens (including phenoxy) is 1. The molecule has 0 aromatic rings. The predicted molar refractivity (Wildman–Crippen MR) is 92.7 cm³/mol. The van der Waals surface area contributed by atoms with Crippen molar-refractivity contribution in [3.8, 4) is 0 Å². The topological polar surface area (TPSA) is 63.7 Å². The number of carbonyl (C=O) groups excluding carboxylic acids is 3. The Morgan fingerprint density at radius 1 is 1.12 bits per heavy atom. The molecule has 5 nitrogen and oxygen atoms in total. The second-order valence-electron chi connectivity index (χ2n) is 8.88. The van der Waals surface area contributed by atoms with Gasteiger partial charge in [-0.15, -0.1) is 11.8 Å². The summed E-state index contributed by atoms with van der Waals surface area (Å²) in [6.07, 6.45) is 7.81. The minimum Gasteiger partial charge on any atom is -0.455 e. The van der Waals surface area contributed by atoms with Crippen molar-refractivity contribution >= 4 is 29.4 Å². The molecule has 0 radical (unpaired) electrons. The van der Waals surface area contributed by atoms with Gasteiger partial charge in [-0.05, 0) is 62.7 Å². The van der Waals surface area contributed by atoms with Gasteiger partial charge in [-0.1, -0.05) is 0 Å². The van der Waals surface area contributed by atoms with Gasteiger partial charge < -0.3 is 9.64 Å². The highest BCUT2D eigenvalue weighted by molar-refractivity contribution is 8.01. The van der Waals surface area contributed by atoms with E-state index in [0.29, 0.717) is 37.1 Å². The highest BCUT2D eigenvalue weighted by Crippen LogP contribution is 2.60. The van der Waals surface area contributed by atoms with Crippen molar-refractivity contribution in [2.75, 3.05) is 18.9 Å². The molecule has 6 rings (SSSR count). The lowest BCUT2D eigenvalue weighted by Crippen LogP contribution is -2.52. The number of nitrogens with zero attached hydrogens (tertiary/aromatic N) is 1. The van der Waals surface area contributed by atoms with Gasteiger partial charge in [0, 0.05) is 24.1 Å². The normalized spacial score (nSPS) is 44.2. The zero-order valence-electron chi connectivity index (χ0n) is 14.5. The van der Waals surface area contributed by atoms with Crippen LogP contribution < -0.4 is 0 Å². The largest absolute Gasteiger partial charge is 0.455 e. The number of ketones is 1. The van der Waals surface area contributed by atoms with Crippen LogP contribution in [0.25, 0.3) is 0 Å². The molecule has 2 aliphatic heterocycles. The quantitative estimate of drug-likeness (QED) is 0.718. The van der Waals surface area contributed by atoms with Crippen molar-refractivity contribution < 1.29 is 19.1 Å². The molecule has 2 saturated heterocycles. The average Bonchev–Trinajstić information content (AvgIpc) is 3.13. The lowest BCUT2D eigenvalue weighted by atomic mass is 9.48. The summed E-state index contributed by atoms with van der Waals surface area (Å²) in [5.41, 5.74) is -0.222. The van der Waals surface area contributed by atoms with Crippen molar-refractivity contribution in [1.29, 1.82) is 0 Å². The van der Waals surface area contributed by atoms with E-state index in [1.807, 2.05) is 0 Å². The van der Waals surface area contributed by atoms with Crippen LogP contribution in [-0.2, 0) is 19.1 Å². The molecule has 0 N–H and O–H groups in total. The Balaban J connectivity index is 1.27. The minimum absolute atomic E-state index is 0.0364. The molecular weight excluding hydrogens is 338 g/mol. The molecule has 6 fully saturated rings. The van der Waals surface area contributed by atoms with Crippen LogP contribution in [0, 0.1) is 23.2 Å². The van der Waals surface area contributed by atoms with E-state index in [4.69, 9.17) is 4.74 Å². The maximum atomic E-state index is 13.0. The number of hydrogen-bond acceptors (Lipinski definition) is 5. The third-order valence-electron chi connectivity index (χ3n) is 7.35. The van der Waals surface area contributed by atoms with Crippen molar-refractivity contribution in [2.45, 2.75) is 56.2 Å². The van der Waals surface area contributed by atoms with Gasteiger partial charge in [0.05, 0.1) is 0 Å². The Hall–Kier alpha value is -1.04. The second kappa shape index (κ2) is 5.48. The van der Waals surface area contributed by atoms with E-state index in [-0.39, 0.29) is 29.7 Å². The Morgan fingerprint density at radius 3 is 2.40 bits per heavy atom. The van der Waals surface area contributed by atoms with Gasteiger partial charge in [0.15, 0.2) is 17.3 Å². The number of hydrogen-bond donors (Lipinski definition) is 0. The van der Waals surface area contributed by atoms with Crippen molar-refractivity contribution in [1.82, 2.24) is 4.90 Å². The van der Waals surface area contributed by atoms with Gasteiger partial charge in [-0.25, -0.2) is 4.79 Å². The van der Waals surface area contributed by atoms with Gasteiger partial charge in [0.25, 0.3) is 0 Å². The molecule has 0 aromatic carbocycles. The number of Topliss-reactive ketones (excluding diaryl/α,β-unsaturated/α-hetero) is 1. The van der Waals surface area contributed by atoms with Gasteiger partial charge >= 0.3 is 5.97 Å². The summed E-state index contributed by atoms with van der Waals surface area (Å²) in [5, 5.41) is 0. The fourth-order valence-electron chi connectivity index (χ4n) is 6.63. The molecule has 6 heteroatoms. The van der Waals surface area contributed by atoms with Gasteiger partial charge in [-0.3, -0.25) is 9.59 Å². The third kappa shape index (κ3) is 2.32. The number of carbonyl (C=O) groups is 3. The standard InChI is InChI=1S/C19H25NO4S/c21-15(18-8-12-5-13(9-18)7-14(6-12)10-18)11-24-17(23)19-2-1-16(22)20(19)3-4-25-19/h12-14H,1-11H2/t12?,13?,14?,18?,19-/m1/s1. The summed E-state index contributed by atoms with van der Waals surface area (Å²) in [5.74, 6) is 2.68. The van der Waals surface area contributed by atoms with E-state index in [9.17, 15) is 14.4 Å². The predicted octanol–water partition coefficient (Wildman–Crippen LogP) is 2.38. The monoisotopic (exact) mass is 363 g/mol. The molecular formula is C19H25NO4S. The zero-order valence-corrected chi connectivity index (χ0v) is 15.3. The number of thioether (sulfide) groups is 1. The molecule has 136 valence electrons. The Bertz CT molecular complexity index is 612. The molecule has 0 spiro atoms. The van der Waals surface area contributed by atoms with Crippen molar-refractivity contribution in [3.63, 3.8) is 0 Å². The van der Waals surface area contributed by atoms with E-state index in [2.05, 4.69) is 0 Å². The Kier molecular flexibility index (Phi) is 3.54. The Labute approximate surface area is 152 Å². The number of fused-ring (bicyclic) bond motifs is 1. The summed E-state index contributed by atoms with van der Waals surface area (Å²) in [7, 11) is 0. The average molecular weight is 363 g/mol. The van der Waals surface area contributed by atoms with Crippen LogP contribution in [0.3, 0.4) is 0 Å². The van der Waals surface area contributed by atoms with E-state index in [0.717, 1.165) is 25.0 Å². The third-order valence-corrected chi connectivity index (χ3v) is 8.81. The minimum atomic E-state index is -0.848. The van der Waals surface area contributed by atoms with Crippen LogP contribution in [0.5, 0.6) is 0 Å². The molecule has 1 atom stereocenters. The highest BCUT2D eigenvalue weighted by Gasteiger charge is 2.57. The van der Waals surface area contributed by atoms with E-state index >= 15 is 0 Å². The van der Waals surface area contributed by atoms with Crippen LogP contribution in [0.2, 0.25) is 0 Å². The van der Waals surface area contributed by atoms with E-state index < -0.39 is 4.87 Å². The first-order chi connectivity index (χ1) is 12.0. The smallest absolute Gasteiger partial charge is 0.343 e. The first kappa shape index (κ1) is 16.2. The molecule has 1 amide bonds. The Morgan fingerprint density at radius 2 is 1.76 bits per heavy atom. The maximum Gasteiger partial charge on any atom is 0.343 e. The fourth-order valence-corrected chi connectivity index (χ4v) is 8.01. The lowest BCUT2D eigenvalue weighted by molar-refractivity contribution is -0.162. The van der Waals surface area contributed by atoms with Gasteiger partial charge in [-0.2, -0.15) is 0 Å². The fraction of sp³-hybridized carbons (Fsp3) is 0.842. The van der Waals surface area contributed by atoms with Crippen LogP contribution in [0.1, 0.15) is 51.4 Å². The summed E-state index contributed by atoms with van der Waals surface area (Å²) >= 11 is 1.50. The molecule has 4 saturated carbocycles. The highest BCUT2D eigenvalue weighted by atomic mass is 32.2. The van der Waals surface area contributed by atoms with Gasteiger partial charge in [0.2, 0.25) is 5.91 Å². The first-order valence-electron chi connectivity index (χ1n) is 9.66. The summed E-state index contributed by atoms with van der Waals surface area (Å²) in [4.78, 5) is 38.5. The molecule has 0 aromatic heterocycles. The lowest BCUT2D eigenvalue weighted by Gasteiger charge is -2.55. The molecule has 6 aliphatic rings. The van der Waals surface area contributed by atoms with E-state index in [1.54, 1.807) is 4.90 Å². The number of esters is 1. The van der Waals surface area contributed by atoms with Crippen LogP contribution in [0.4, 0.5) is 0 Å². The summed E-state index contributed by atoms with van der Waals surface area (Å²) in [6.45, 7) is 0.511. The second-order valence-corrected chi connectivity index (χ2v) is 10.2. The van der Waals surface area contributed by atoms with Crippen molar-refractivity contribution in [3.05, 3.63) is 0 Å². The van der Waals surface area contributed by atoms with Gasteiger partial charge in [0.1, 0.15) is 0 Å². The number of amides is 1. The van der Waals surface area contributed by atoms with Crippen LogP contribution in [0.15, 0.2) is 0 Å².